The molecule has 0 saturated carbocycles. The van der Waals surface area contributed by atoms with Crippen LogP contribution < -0.4 is 0 Å². The first-order chi connectivity index (χ1) is 8.66. The molecule has 1 amide bonds. The molecule has 0 aliphatic heterocycles. The molecule has 0 aromatic heterocycles. The minimum absolute atomic E-state index is 0.0975. The molecule has 1 aromatic rings. The predicted molar refractivity (Wildman–Crippen MR) is 71.2 cm³/mol. The molecule has 1 aromatic carbocycles. The number of carbonyl (C=O) groups is 2. The summed E-state index contributed by atoms with van der Waals surface area (Å²) in [4.78, 5) is 28.0. The number of amides is 1. The largest absolute Gasteiger partial charge is 0.478 e. The summed E-state index contributed by atoms with van der Waals surface area (Å²) in [7, 11) is 2.86. The predicted octanol–water partition coefficient (Wildman–Crippen LogP) is 2.32. The average molecular weight is 265 g/mol. The molecule has 0 radical (unpaired) electrons. The third-order valence-corrected chi connectivity index (χ3v) is 2.85. The highest BCUT2D eigenvalue weighted by Crippen LogP contribution is 2.25. The van der Waals surface area contributed by atoms with E-state index in [4.69, 9.17) is 9.94 Å². The molecule has 0 aliphatic carbocycles. The Morgan fingerprint density at radius 3 is 2.11 bits per heavy atom. The van der Waals surface area contributed by atoms with Crippen LogP contribution in [-0.2, 0) is 10.3 Å². The lowest BCUT2D eigenvalue weighted by Crippen LogP contribution is -2.26. The molecule has 0 bridgehead atoms. The molecule has 0 saturated heterocycles. The monoisotopic (exact) mass is 265 g/mol. The van der Waals surface area contributed by atoms with Crippen molar-refractivity contribution >= 4 is 11.9 Å². The second-order valence-electron chi connectivity index (χ2n) is 5.34. The van der Waals surface area contributed by atoms with Crippen molar-refractivity contribution in [2.75, 3.05) is 14.2 Å². The van der Waals surface area contributed by atoms with Gasteiger partial charge >= 0.3 is 5.97 Å². The molecule has 5 nitrogen and oxygen atoms in total. The van der Waals surface area contributed by atoms with Crippen molar-refractivity contribution in [2.24, 2.45) is 0 Å². The van der Waals surface area contributed by atoms with Crippen LogP contribution in [0.2, 0.25) is 0 Å². The van der Waals surface area contributed by atoms with Gasteiger partial charge in [0.05, 0.1) is 12.7 Å². The maximum Gasteiger partial charge on any atom is 0.335 e. The second-order valence-corrected chi connectivity index (χ2v) is 5.34. The summed E-state index contributed by atoms with van der Waals surface area (Å²) in [6, 6.07) is 4.64. The second kappa shape index (κ2) is 5.40. The first-order valence-corrected chi connectivity index (χ1v) is 5.88. The first kappa shape index (κ1) is 15.2. The van der Waals surface area contributed by atoms with Crippen LogP contribution in [0.3, 0.4) is 0 Å². The van der Waals surface area contributed by atoms with Crippen LogP contribution in [0.4, 0.5) is 0 Å². The van der Waals surface area contributed by atoms with Gasteiger partial charge in [0.15, 0.2) is 0 Å². The molecule has 1 N–H and O–H groups in total. The Bertz CT molecular complexity index is 503. The molecule has 0 aliphatic rings. The molecular formula is C14H19NO4. The fourth-order valence-electron chi connectivity index (χ4n) is 1.57. The summed E-state index contributed by atoms with van der Waals surface area (Å²) in [6.07, 6.45) is 0. The molecule has 0 heterocycles. The highest BCUT2D eigenvalue weighted by Gasteiger charge is 2.21. The van der Waals surface area contributed by atoms with E-state index in [1.807, 2.05) is 20.8 Å². The maximum atomic E-state index is 12.0. The zero-order valence-corrected chi connectivity index (χ0v) is 11.9. The van der Waals surface area contributed by atoms with Crippen LogP contribution in [0.5, 0.6) is 0 Å². The SMILES string of the molecule is CON(C)C(=O)c1cc(C(=O)O)cc(C(C)(C)C)c1. The normalized spacial score (nSPS) is 11.2. The smallest absolute Gasteiger partial charge is 0.335 e. The number of hydroxylamine groups is 2. The van der Waals surface area contributed by atoms with E-state index in [2.05, 4.69) is 0 Å². The van der Waals surface area contributed by atoms with Crippen molar-refractivity contribution in [3.8, 4) is 0 Å². The van der Waals surface area contributed by atoms with Crippen molar-refractivity contribution in [1.82, 2.24) is 5.06 Å². The van der Waals surface area contributed by atoms with Gasteiger partial charge in [0.2, 0.25) is 0 Å². The summed E-state index contributed by atoms with van der Waals surface area (Å²) < 4.78 is 0. The van der Waals surface area contributed by atoms with Crippen molar-refractivity contribution in [2.45, 2.75) is 26.2 Å². The Labute approximate surface area is 112 Å². The van der Waals surface area contributed by atoms with Gasteiger partial charge < -0.3 is 5.11 Å². The van der Waals surface area contributed by atoms with E-state index >= 15 is 0 Å². The standard InChI is InChI=1S/C14H19NO4/c1-14(2,3)11-7-9(12(16)15(4)19-5)6-10(8-11)13(17)18/h6-8H,1-5H3,(H,17,18). The Balaban J connectivity index is 3.37. The number of carboxylic acid groups (broad SMARTS) is 1. The fraction of sp³-hybridized carbons (Fsp3) is 0.429. The van der Waals surface area contributed by atoms with E-state index in [-0.39, 0.29) is 16.9 Å². The van der Waals surface area contributed by atoms with E-state index in [0.717, 1.165) is 10.6 Å². The van der Waals surface area contributed by atoms with E-state index < -0.39 is 5.97 Å². The van der Waals surface area contributed by atoms with Crippen molar-refractivity contribution in [3.63, 3.8) is 0 Å². The molecule has 104 valence electrons. The Hall–Kier alpha value is -1.88. The van der Waals surface area contributed by atoms with Gasteiger partial charge in [-0.2, -0.15) is 0 Å². The number of nitrogens with zero attached hydrogens (tertiary/aromatic N) is 1. The van der Waals surface area contributed by atoms with Crippen LogP contribution in [0.1, 0.15) is 47.1 Å². The highest BCUT2D eigenvalue weighted by molar-refractivity contribution is 5.97. The average Bonchev–Trinajstić information content (AvgIpc) is 2.35. The van der Waals surface area contributed by atoms with E-state index in [9.17, 15) is 9.59 Å². The molecular weight excluding hydrogens is 246 g/mol. The fourth-order valence-corrected chi connectivity index (χ4v) is 1.57. The lowest BCUT2D eigenvalue weighted by molar-refractivity contribution is -0.0757. The van der Waals surface area contributed by atoms with Gasteiger partial charge in [0.1, 0.15) is 0 Å². The summed E-state index contributed by atoms with van der Waals surface area (Å²) in [5.74, 6) is -1.43. The number of aromatic carboxylic acids is 1. The van der Waals surface area contributed by atoms with Crippen LogP contribution in [0, 0.1) is 0 Å². The van der Waals surface area contributed by atoms with Gasteiger partial charge in [-0.05, 0) is 29.2 Å². The van der Waals surface area contributed by atoms with Gasteiger partial charge in [-0.25, -0.2) is 9.86 Å². The molecule has 0 fully saturated rings. The quantitative estimate of drug-likeness (QED) is 0.852. The van der Waals surface area contributed by atoms with E-state index in [0.29, 0.717) is 5.56 Å². The van der Waals surface area contributed by atoms with E-state index in [1.165, 1.54) is 20.2 Å². The van der Waals surface area contributed by atoms with Crippen molar-refractivity contribution < 1.29 is 19.5 Å². The van der Waals surface area contributed by atoms with Gasteiger partial charge in [0, 0.05) is 12.6 Å². The lowest BCUT2D eigenvalue weighted by atomic mass is 9.85. The maximum absolute atomic E-state index is 12.0. The lowest BCUT2D eigenvalue weighted by Gasteiger charge is -2.21. The summed E-state index contributed by atoms with van der Waals surface area (Å²) in [5, 5.41) is 10.2. The van der Waals surface area contributed by atoms with Gasteiger partial charge in [-0.15, -0.1) is 0 Å². The number of benzene rings is 1. The van der Waals surface area contributed by atoms with Gasteiger partial charge in [-0.1, -0.05) is 20.8 Å². The Morgan fingerprint density at radius 2 is 1.68 bits per heavy atom. The number of rotatable bonds is 3. The number of hydrogen-bond donors (Lipinski definition) is 1. The van der Waals surface area contributed by atoms with Crippen molar-refractivity contribution in [3.05, 3.63) is 34.9 Å². The minimum atomic E-state index is -1.06. The van der Waals surface area contributed by atoms with Gasteiger partial charge in [-0.3, -0.25) is 9.63 Å². The third-order valence-electron chi connectivity index (χ3n) is 2.85. The molecule has 19 heavy (non-hydrogen) atoms. The van der Waals surface area contributed by atoms with Crippen molar-refractivity contribution in [1.29, 1.82) is 0 Å². The zero-order chi connectivity index (χ0) is 14.8. The van der Waals surface area contributed by atoms with Crippen LogP contribution in [0.15, 0.2) is 18.2 Å². The molecule has 0 atom stereocenters. The third kappa shape index (κ3) is 3.54. The highest BCUT2D eigenvalue weighted by atomic mass is 16.7. The first-order valence-electron chi connectivity index (χ1n) is 5.88. The Kier molecular flexibility index (Phi) is 4.32. The van der Waals surface area contributed by atoms with Crippen LogP contribution in [0.25, 0.3) is 0 Å². The van der Waals surface area contributed by atoms with E-state index in [1.54, 1.807) is 12.1 Å². The van der Waals surface area contributed by atoms with Crippen LogP contribution in [-0.4, -0.2) is 36.2 Å². The topological polar surface area (TPSA) is 66.8 Å². The summed E-state index contributed by atoms with van der Waals surface area (Å²) in [5.41, 5.74) is 0.946. The summed E-state index contributed by atoms with van der Waals surface area (Å²) in [6.45, 7) is 5.88. The number of hydrogen-bond acceptors (Lipinski definition) is 3. The molecule has 0 spiro atoms. The van der Waals surface area contributed by atoms with Gasteiger partial charge in [0.25, 0.3) is 5.91 Å². The zero-order valence-electron chi connectivity index (χ0n) is 11.9. The molecule has 5 heteroatoms. The molecule has 1 rings (SSSR count). The minimum Gasteiger partial charge on any atom is -0.478 e. The molecule has 0 unspecified atom stereocenters. The van der Waals surface area contributed by atoms with Crippen LogP contribution >= 0.6 is 0 Å². The number of carboxylic acids is 1. The number of carbonyl (C=O) groups excluding carboxylic acids is 1. The summed E-state index contributed by atoms with van der Waals surface area (Å²) >= 11 is 0. The Morgan fingerprint density at radius 1 is 1.16 bits per heavy atom.